The highest BCUT2D eigenvalue weighted by Gasteiger charge is 2.15. The Morgan fingerprint density at radius 1 is 1.29 bits per heavy atom. The Morgan fingerprint density at radius 3 is 2.48 bits per heavy atom. The SMILES string of the molecule is COc1c(CN=C(N)N2CCCCCC2)c(C)nn1C.I. The zero-order valence-electron chi connectivity index (χ0n) is 13.1. The number of methoxy groups -OCH3 is 1. The van der Waals surface area contributed by atoms with Crippen LogP contribution in [0, 0.1) is 6.92 Å². The van der Waals surface area contributed by atoms with E-state index < -0.39 is 0 Å². The zero-order valence-corrected chi connectivity index (χ0v) is 15.5. The van der Waals surface area contributed by atoms with Crippen molar-refractivity contribution in [2.24, 2.45) is 17.8 Å². The number of rotatable bonds is 3. The lowest BCUT2D eigenvalue weighted by Crippen LogP contribution is -2.38. The van der Waals surface area contributed by atoms with E-state index in [0.717, 1.165) is 30.2 Å². The van der Waals surface area contributed by atoms with Crippen molar-refractivity contribution in [3.8, 4) is 5.88 Å². The van der Waals surface area contributed by atoms with Crippen LogP contribution in [0.2, 0.25) is 0 Å². The number of hydrogen-bond acceptors (Lipinski definition) is 3. The van der Waals surface area contributed by atoms with Gasteiger partial charge in [-0.05, 0) is 19.8 Å². The second-order valence-corrected chi connectivity index (χ2v) is 5.27. The molecule has 0 atom stereocenters. The molecule has 0 unspecified atom stereocenters. The third kappa shape index (κ3) is 4.49. The van der Waals surface area contributed by atoms with Gasteiger partial charge in [-0.15, -0.1) is 24.0 Å². The van der Waals surface area contributed by atoms with Crippen LogP contribution in [0.15, 0.2) is 4.99 Å². The molecule has 0 aliphatic carbocycles. The molecule has 0 spiro atoms. The van der Waals surface area contributed by atoms with Gasteiger partial charge in [-0.2, -0.15) is 5.10 Å². The van der Waals surface area contributed by atoms with Crippen LogP contribution < -0.4 is 10.5 Å². The number of guanidine groups is 1. The highest BCUT2D eigenvalue weighted by atomic mass is 127. The van der Waals surface area contributed by atoms with Gasteiger partial charge < -0.3 is 15.4 Å². The Morgan fingerprint density at radius 2 is 1.90 bits per heavy atom. The first kappa shape index (κ1) is 18.1. The summed E-state index contributed by atoms with van der Waals surface area (Å²) in [5, 5.41) is 4.36. The fraction of sp³-hybridized carbons (Fsp3) is 0.714. The molecule has 0 bridgehead atoms. The molecule has 0 saturated carbocycles. The van der Waals surface area contributed by atoms with E-state index >= 15 is 0 Å². The van der Waals surface area contributed by atoms with Gasteiger partial charge in [0.15, 0.2) is 5.96 Å². The van der Waals surface area contributed by atoms with E-state index in [4.69, 9.17) is 10.5 Å². The van der Waals surface area contributed by atoms with Gasteiger partial charge in [0.2, 0.25) is 5.88 Å². The minimum absolute atomic E-state index is 0. The first-order valence-corrected chi connectivity index (χ1v) is 7.24. The van der Waals surface area contributed by atoms with E-state index in [2.05, 4.69) is 15.0 Å². The topological polar surface area (TPSA) is 68.7 Å². The third-order valence-corrected chi connectivity index (χ3v) is 3.81. The summed E-state index contributed by atoms with van der Waals surface area (Å²) >= 11 is 0. The summed E-state index contributed by atoms with van der Waals surface area (Å²) < 4.78 is 7.11. The number of ether oxygens (including phenoxy) is 1. The third-order valence-electron chi connectivity index (χ3n) is 3.81. The van der Waals surface area contributed by atoms with Gasteiger partial charge in [0, 0.05) is 20.1 Å². The molecule has 7 heteroatoms. The lowest BCUT2D eigenvalue weighted by atomic mass is 10.2. The molecule has 0 radical (unpaired) electrons. The van der Waals surface area contributed by atoms with Crippen LogP contribution >= 0.6 is 24.0 Å². The number of nitrogens with zero attached hydrogens (tertiary/aromatic N) is 4. The quantitative estimate of drug-likeness (QED) is 0.473. The van der Waals surface area contributed by atoms with Crippen molar-refractivity contribution in [3.63, 3.8) is 0 Å². The van der Waals surface area contributed by atoms with E-state index in [1.165, 1.54) is 25.7 Å². The molecule has 1 aliphatic heterocycles. The Hall–Kier alpha value is -0.990. The Kier molecular flexibility index (Phi) is 7.27. The number of aliphatic imine (C=N–C) groups is 1. The summed E-state index contributed by atoms with van der Waals surface area (Å²) in [5.41, 5.74) is 8.07. The fourth-order valence-electron chi connectivity index (χ4n) is 2.68. The predicted molar refractivity (Wildman–Crippen MR) is 95.3 cm³/mol. The number of likely N-dealkylation sites (tertiary alicyclic amines) is 1. The molecule has 0 aromatic carbocycles. The van der Waals surface area contributed by atoms with Crippen LogP contribution in [-0.2, 0) is 13.6 Å². The standard InChI is InChI=1S/C14H25N5O.HI/c1-11-12(13(20-3)18(2)17-11)10-16-14(15)19-8-6-4-5-7-9-19;/h4-10H2,1-3H3,(H2,15,16);1H. The molecule has 120 valence electrons. The Labute approximate surface area is 143 Å². The molecule has 1 fully saturated rings. The zero-order chi connectivity index (χ0) is 14.5. The lowest BCUT2D eigenvalue weighted by Gasteiger charge is -2.21. The van der Waals surface area contributed by atoms with Crippen molar-refractivity contribution >= 4 is 29.9 Å². The van der Waals surface area contributed by atoms with Crippen LogP contribution in [0.1, 0.15) is 36.9 Å². The van der Waals surface area contributed by atoms with Crippen LogP contribution in [0.25, 0.3) is 0 Å². The molecule has 1 aromatic rings. The fourth-order valence-corrected chi connectivity index (χ4v) is 2.68. The van der Waals surface area contributed by atoms with E-state index in [1.807, 2.05) is 14.0 Å². The maximum absolute atomic E-state index is 6.12. The molecule has 1 saturated heterocycles. The number of nitrogens with two attached hydrogens (primary N) is 1. The summed E-state index contributed by atoms with van der Waals surface area (Å²) in [5.74, 6) is 1.40. The van der Waals surface area contributed by atoms with Gasteiger partial charge in [0.25, 0.3) is 0 Å². The van der Waals surface area contributed by atoms with Crippen molar-refractivity contribution in [3.05, 3.63) is 11.3 Å². The first-order chi connectivity index (χ1) is 9.63. The van der Waals surface area contributed by atoms with Gasteiger partial charge >= 0.3 is 0 Å². The highest BCUT2D eigenvalue weighted by molar-refractivity contribution is 14.0. The van der Waals surface area contributed by atoms with Crippen molar-refractivity contribution < 1.29 is 4.74 Å². The highest BCUT2D eigenvalue weighted by Crippen LogP contribution is 2.21. The molecule has 6 nitrogen and oxygen atoms in total. The molecule has 2 N–H and O–H groups in total. The maximum Gasteiger partial charge on any atom is 0.216 e. The van der Waals surface area contributed by atoms with E-state index in [9.17, 15) is 0 Å². The van der Waals surface area contributed by atoms with E-state index in [1.54, 1.807) is 11.8 Å². The molecule has 2 rings (SSSR count). The number of hydrogen-bond donors (Lipinski definition) is 1. The van der Waals surface area contributed by atoms with Crippen LogP contribution in [-0.4, -0.2) is 40.8 Å². The molecule has 1 aliphatic rings. The monoisotopic (exact) mass is 407 g/mol. The summed E-state index contributed by atoms with van der Waals surface area (Å²) in [6.45, 7) is 4.51. The molecule has 2 heterocycles. The average Bonchev–Trinajstić information content (AvgIpc) is 2.64. The molecular weight excluding hydrogens is 381 g/mol. The summed E-state index contributed by atoms with van der Waals surface area (Å²) in [6.07, 6.45) is 4.98. The van der Waals surface area contributed by atoms with Crippen molar-refractivity contribution in [1.29, 1.82) is 0 Å². The van der Waals surface area contributed by atoms with E-state index in [-0.39, 0.29) is 24.0 Å². The second-order valence-electron chi connectivity index (χ2n) is 5.27. The van der Waals surface area contributed by atoms with Crippen molar-refractivity contribution in [2.75, 3.05) is 20.2 Å². The van der Waals surface area contributed by atoms with Gasteiger partial charge in [-0.1, -0.05) is 12.8 Å². The minimum atomic E-state index is 0. The average molecular weight is 407 g/mol. The first-order valence-electron chi connectivity index (χ1n) is 7.24. The Bertz CT molecular complexity index is 478. The largest absolute Gasteiger partial charge is 0.481 e. The molecule has 1 aromatic heterocycles. The van der Waals surface area contributed by atoms with Crippen LogP contribution in [0.4, 0.5) is 0 Å². The van der Waals surface area contributed by atoms with Crippen LogP contribution in [0.5, 0.6) is 5.88 Å². The van der Waals surface area contributed by atoms with Gasteiger partial charge in [-0.3, -0.25) is 0 Å². The summed E-state index contributed by atoms with van der Waals surface area (Å²) in [7, 11) is 3.53. The van der Waals surface area contributed by atoms with E-state index in [0.29, 0.717) is 12.5 Å². The number of aromatic nitrogens is 2. The molecular formula is C14H26IN5O. The molecule has 0 amide bonds. The second kappa shape index (κ2) is 8.45. The van der Waals surface area contributed by atoms with Gasteiger partial charge in [-0.25, -0.2) is 9.67 Å². The number of aryl methyl sites for hydroxylation is 2. The van der Waals surface area contributed by atoms with Crippen molar-refractivity contribution in [2.45, 2.75) is 39.2 Å². The lowest BCUT2D eigenvalue weighted by molar-refractivity contribution is 0.369. The molecule has 21 heavy (non-hydrogen) atoms. The maximum atomic E-state index is 6.12. The Balaban J connectivity index is 0.00000220. The number of halogens is 1. The minimum Gasteiger partial charge on any atom is -0.481 e. The van der Waals surface area contributed by atoms with Gasteiger partial charge in [0.1, 0.15) is 0 Å². The van der Waals surface area contributed by atoms with Gasteiger partial charge in [0.05, 0.1) is 24.9 Å². The smallest absolute Gasteiger partial charge is 0.216 e. The van der Waals surface area contributed by atoms with Crippen molar-refractivity contribution in [1.82, 2.24) is 14.7 Å². The van der Waals surface area contributed by atoms with Crippen LogP contribution in [0.3, 0.4) is 0 Å². The summed E-state index contributed by atoms with van der Waals surface area (Å²) in [6, 6.07) is 0. The normalized spacial score (nSPS) is 16.3. The predicted octanol–water partition coefficient (Wildman–Crippen LogP) is 2.05. The summed E-state index contributed by atoms with van der Waals surface area (Å²) in [4.78, 5) is 6.72.